The van der Waals surface area contributed by atoms with Gasteiger partial charge in [-0.3, -0.25) is 13.6 Å². The van der Waals surface area contributed by atoms with Crippen molar-refractivity contribution in [2.24, 2.45) is 0 Å². The van der Waals surface area contributed by atoms with Crippen LogP contribution >= 0.6 is 0 Å². The first-order valence-electron chi connectivity index (χ1n) is 9.97. The lowest BCUT2D eigenvalue weighted by Gasteiger charge is -2.24. The highest BCUT2D eigenvalue weighted by atomic mass is 32.2. The normalized spacial score (nSPS) is 20.1. The third kappa shape index (κ3) is 5.50. The Hall–Kier alpha value is -2.61. The smallest absolute Gasteiger partial charge is 0.270 e. The van der Waals surface area contributed by atoms with Crippen LogP contribution in [0.25, 0.3) is 11.0 Å². The minimum atomic E-state index is -1.86. The van der Waals surface area contributed by atoms with E-state index < -0.39 is 11.1 Å². The van der Waals surface area contributed by atoms with Crippen LogP contribution in [0.4, 0.5) is 5.95 Å². The van der Waals surface area contributed by atoms with E-state index >= 15 is 0 Å². The summed E-state index contributed by atoms with van der Waals surface area (Å²) in [6, 6.07) is 3.88. The molecule has 2 N–H and O–H groups in total. The summed E-state index contributed by atoms with van der Waals surface area (Å²) in [4.78, 5) is 21.9. The van der Waals surface area contributed by atoms with Crippen molar-refractivity contribution in [3.63, 3.8) is 0 Å². The second kappa shape index (κ2) is 10.4. The van der Waals surface area contributed by atoms with Crippen molar-refractivity contribution in [1.29, 1.82) is 5.26 Å². The van der Waals surface area contributed by atoms with Crippen LogP contribution in [0.3, 0.4) is 0 Å². The largest absolute Gasteiger partial charge is 0.773 e. The van der Waals surface area contributed by atoms with Crippen molar-refractivity contribution in [1.82, 2.24) is 19.9 Å². The molecule has 2 aromatic heterocycles. The number of rotatable bonds is 3. The summed E-state index contributed by atoms with van der Waals surface area (Å²) in [7, 11) is 0. The number of nitrogens with zero attached hydrogens (tertiary/aromatic N) is 4. The second-order valence-corrected chi connectivity index (χ2v) is 8.12. The van der Waals surface area contributed by atoms with Crippen molar-refractivity contribution < 1.29 is 10.2 Å². The van der Waals surface area contributed by atoms with Crippen LogP contribution in [0.1, 0.15) is 45.1 Å². The Morgan fingerprint density at radius 1 is 1.40 bits per heavy atom. The Bertz CT molecular complexity index is 1040. The molecule has 0 spiro atoms. The predicted molar refractivity (Wildman–Crippen MR) is 117 cm³/mol. The van der Waals surface area contributed by atoms with Crippen LogP contribution in [0.2, 0.25) is 0 Å². The molecule has 2 aromatic rings. The molecule has 1 aliphatic heterocycles. The lowest BCUT2D eigenvalue weighted by molar-refractivity contribution is 0.477. The summed E-state index contributed by atoms with van der Waals surface area (Å²) in [6.07, 6.45) is 11.9. The lowest BCUT2D eigenvalue weighted by atomic mass is 10.0. The van der Waals surface area contributed by atoms with Gasteiger partial charge in [0.05, 0.1) is 6.04 Å². The van der Waals surface area contributed by atoms with Crippen LogP contribution < -0.4 is 16.2 Å². The van der Waals surface area contributed by atoms with Crippen molar-refractivity contribution >= 4 is 28.1 Å². The zero-order valence-electron chi connectivity index (χ0n) is 16.8. The maximum Gasteiger partial charge on any atom is 0.270 e. The molecule has 2 aliphatic rings. The molecule has 2 atom stereocenters. The van der Waals surface area contributed by atoms with Gasteiger partial charge < -0.3 is 15.2 Å². The number of pyridine rings is 1. The Labute approximate surface area is 179 Å². The molecule has 10 heteroatoms. The summed E-state index contributed by atoms with van der Waals surface area (Å²) in [6.45, 7) is 1.96. The van der Waals surface area contributed by atoms with E-state index in [0.29, 0.717) is 17.6 Å². The van der Waals surface area contributed by atoms with Crippen molar-refractivity contribution in [2.75, 3.05) is 24.7 Å². The molecule has 1 fully saturated rings. The Morgan fingerprint density at radius 2 is 2.13 bits per heavy atom. The Balaban J connectivity index is 0.000000631. The average Bonchev–Trinajstić information content (AvgIpc) is 2.74. The van der Waals surface area contributed by atoms with Gasteiger partial charge in [-0.05, 0) is 57.5 Å². The summed E-state index contributed by atoms with van der Waals surface area (Å²) in [5.41, 5.74) is 0.458. The molecule has 0 bridgehead atoms. The summed E-state index contributed by atoms with van der Waals surface area (Å²) in [5, 5.41) is 16.8. The van der Waals surface area contributed by atoms with Gasteiger partial charge in [0, 0.05) is 19.1 Å². The van der Waals surface area contributed by atoms with Crippen LogP contribution in [-0.2, 0) is 11.1 Å². The molecule has 0 saturated carbocycles. The van der Waals surface area contributed by atoms with Crippen molar-refractivity contribution in [3.8, 4) is 6.07 Å². The molecule has 0 amide bonds. The van der Waals surface area contributed by atoms with E-state index in [-0.39, 0.29) is 18.6 Å². The van der Waals surface area contributed by atoms with Gasteiger partial charge in [0.2, 0.25) is 5.95 Å². The fourth-order valence-electron chi connectivity index (χ4n) is 3.74. The van der Waals surface area contributed by atoms with Crippen LogP contribution in [0.15, 0.2) is 29.2 Å². The van der Waals surface area contributed by atoms with Crippen LogP contribution in [0.5, 0.6) is 0 Å². The van der Waals surface area contributed by atoms with E-state index in [4.69, 9.17) is 8.76 Å². The van der Waals surface area contributed by atoms with E-state index in [1.165, 1.54) is 0 Å². The highest BCUT2D eigenvalue weighted by Crippen LogP contribution is 2.25. The van der Waals surface area contributed by atoms with E-state index in [1.807, 2.05) is 12.1 Å². The third-order valence-corrected chi connectivity index (χ3v) is 5.13. The number of piperidine rings is 1. The topological polar surface area (TPSA) is 136 Å². The molecule has 1 aliphatic carbocycles. The minimum Gasteiger partial charge on any atom is -0.773 e. The van der Waals surface area contributed by atoms with Crippen molar-refractivity contribution in [2.45, 2.75) is 44.2 Å². The highest BCUT2D eigenvalue weighted by molar-refractivity contribution is 7.78. The maximum atomic E-state index is 12.8. The Kier molecular flexibility index (Phi) is 7.68. The number of anilines is 1. The summed E-state index contributed by atoms with van der Waals surface area (Å²) >= 11 is -1.86. The Morgan fingerprint density at radius 3 is 2.77 bits per heavy atom. The number of nitriles is 1. The number of nitrogens with one attached hydrogen (secondary N) is 2. The molecule has 9 nitrogen and oxygen atoms in total. The first kappa shape index (κ1) is 22.1. The lowest BCUT2D eigenvalue weighted by Crippen LogP contribution is -2.35. The second-order valence-electron chi connectivity index (χ2n) is 7.31. The van der Waals surface area contributed by atoms with Gasteiger partial charge in [-0.15, -0.1) is 0 Å². The molecular formula is C20H27N6O3S-. The highest BCUT2D eigenvalue weighted by Gasteiger charge is 2.20. The predicted octanol–water partition coefficient (Wildman–Crippen LogP) is 1.85. The zero-order chi connectivity index (χ0) is 21.5. The van der Waals surface area contributed by atoms with Gasteiger partial charge in [0.25, 0.3) is 5.56 Å². The molecule has 0 aromatic carbocycles. The molecule has 2 unspecified atom stereocenters. The molecule has 1 saturated heterocycles. The monoisotopic (exact) mass is 431 g/mol. The summed E-state index contributed by atoms with van der Waals surface area (Å²) < 4.78 is 19.7. The van der Waals surface area contributed by atoms with E-state index in [2.05, 4.69) is 26.7 Å². The first-order chi connectivity index (χ1) is 14.5. The van der Waals surface area contributed by atoms with Gasteiger partial charge >= 0.3 is 0 Å². The van der Waals surface area contributed by atoms with Crippen LogP contribution in [-0.4, -0.2) is 48.7 Å². The molecular weight excluding hydrogens is 404 g/mol. The van der Waals surface area contributed by atoms with E-state index in [1.54, 1.807) is 16.8 Å². The minimum absolute atomic E-state index is 0. The average molecular weight is 432 g/mol. The number of fused-ring (bicyclic) bond motifs is 1. The molecule has 0 radical (unpaired) electrons. The number of hydrogen-bond donors (Lipinski definition) is 2. The van der Waals surface area contributed by atoms with E-state index in [9.17, 15) is 10.1 Å². The summed E-state index contributed by atoms with van der Waals surface area (Å²) in [5.74, 6) is 0.544. The van der Waals surface area contributed by atoms with Gasteiger partial charge in [-0.25, -0.2) is 4.98 Å². The zero-order valence-corrected chi connectivity index (χ0v) is 17.7. The fraction of sp³-hybridized carbons (Fsp3) is 0.500. The number of hydrogen-bond acceptors (Lipinski definition) is 8. The van der Waals surface area contributed by atoms with Gasteiger partial charge in [-0.1, -0.05) is 23.2 Å². The van der Waals surface area contributed by atoms with Gasteiger partial charge in [0.15, 0.2) is 0 Å². The van der Waals surface area contributed by atoms with E-state index in [0.717, 1.165) is 56.8 Å². The molecule has 4 rings (SSSR count). The van der Waals surface area contributed by atoms with Gasteiger partial charge in [-0.2, -0.15) is 10.2 Å². The third-order valence-electron chi connectivity index (χ3n) is 5.13. The quantitative estimate of drug-likeness (QED) is 0.555. The number of allylic oxidation sites excluding steroid dienone is 2. The first-order valence-corrected chi connectivity index (χ1v) is 11.4. The molecule has 162 valence electrons. The molecule has 30 heavy (non-hydrogen) atoms. The molecule has 3 heterocycles. The van der Waals surface area contributed by atoms with Crippen molar-refractivity contribution in [3.05, 3.63) is 40.3 Å². The standard InChI is InChI=1S/C19H22N6O.CH4O2S.H2/c20-11-13-10-14-12-22-19(23-15-6-8-21-9-7-15)24-17(14)25(18(13)26)16-4-2-1-3-5-16;1-4(2)3;/h2,4,10,12,15-16,21H,1,3,5-9H2,(H,22,23,24);1H3,(H,2,3);1H/p-1. The van der Waals surface area contributed by atoms with Crippen LogP contribution in [0, 0.1) is 11.3 Å². The fourth-order valence-corrected chi connectivity index (χ4v) is 3.74. The maximum absolute atomic E-state index is 12.8. The van der Waals surface area contributed by atoms with Gasteiger partial charge in [0.1, 0.15) is 17.3 Å². The SMILES string of the molecule is CS(=O)[O-].N#Cc1cc2cnc(NC3CCNCC3)nc2n(C2C=CCCC2)c1=O.[HH]. The number of aromatic nitrogens is 3.